The van der Waals surface area contributed by atoms with Crippen molar-refractivity contribution in [3.8, 4) is 0 Å². The Kier molecular flexibility index (Phi) is 6.76. The summed E-state index contributed by atoms with van der Waals surface area (Å²) in [6, 6.07) is 0. The van der Waals surface area contributed by atoms with Gasteiger partial charge in [0, 0.05) is 6.42 Å². The minimum Gasteiger partial charge on any atom is -0.479 e. The number of nitrogens with two attached hydrogens (primary N) is 1. The number of carboxylic acid groups (broad SMARTS) is 2. The van der Waals surface area contributed by atoms with Crippen LogP contribution < -0.4 is 5.73 Å². The molecule has 0 bridgehead atoms. The van der Waals surface area contributed by atoms with Gasteiger partial charge in [-0.15, -0.1) is 0 Å². The summed E-state index contributed by atoms with van der Waals surface area (Å²) in [6.45, 7) is -0.128. The topological polar surface area (TPSA) is 234 Å². The number of aliphatic hydroxyl groups is 4. The van der Waals surface area contributed by atoms with Crippen molar-refractivity contribution in [2.45, 2.75) is 37.1 Å². The van der Waals surface area contributed by atoms with E-state index in [9.17, 15) is 14.7 Å². The highest BCUT2D eigenvalue weighted by Gasteiger charge is 2.35. The van der Waals surface area contributed by atoms with Crippen LogP contribution in [0.4, 0.5) is 5.82 Å². The number of aliphatic carboxylic acids is 2. The number of aliphatic hydroxyl groups excluding tert-OH is 4. The zero-order valence-corrected chi connectivity index (χ0v) is 14.2. The molecule has 3 heterocycles. The molecule has 5 atom stereocenters. The summed E-state index contributed by atoms with van der Waals surface area (Å²) in [7, 11) is 0. The van der Waals surface area contributed by atoms with Gasteiger partial charge in [-0.3, -0.25) is 4.57 Å². The van der Waals surface area contributed by atoms with E-state index >= 15 is 0 Å². The first kappa shape index (κ1) is 21.4. The molecule has 0 aromatic carbocycles. The number of carboxylic acids is 2. The molecular weight excluding hydrogens is 382 g/mol. The van der Waals surface area contributed by atoms with Crippen molar-refractivity contribution in [3.63, 3.8) is 0 Å². The molecule has 2 unspecified atom stereocenters. The number of aromatic nitrogens is 4. The van der Waals surface area contributed by atoms with Crippen LogP contribution in [0.5, 0.6) is 0 Å². The van der Waals surface area contributed by atoms with Crippen LogP contribution in [0, 0.1) is 0 Å². The number of ether oxygens (including phenoxy) is 1. The molecule has 14 heteroatoms. The first-order valence-electron chi connectivity index (χ1n) is 7.86. The molecule has 154 valence electrons. The Morgan fingerprint density at radius 1 is 1.21 bits per heavy atom. The van der Waals surface area contributed by atoms with Crippen LogP contribution in [0.25, 0.3) is 11.2 Å². The summed E-state index contributed by atoms with van der Waals surface area (Å²) in [5, 5.41) is 51.5. The molecule has 0 saturated carbocycles. The lowest BCUT2D eigenvalue weighted by Gasteiger charge is -2.16. The number of hydrogen-bond donors (Lipinski definition) is 7. The average Bonchev–Trinajstić information content (AvgIpc) is 3.24. The van der Waals surface area contributed by atoms with Crippen LogP contribution in [0.3, 0.4) is 0 Å². The standard InChI is InChI=1S/C10H13N5O3.C4H6O6/c11-8-7-9(13-3-12-8)15(4-14-7)10-6(17)1-5(2-16)18-10;5-1(3(7)8)2(6)4(9)10/h3-6,10,16-17H,1-2H2,(H2,11,12,13);1-2,5-6H,(H,7,8)(H,9,10)/t5-,6+,10+;/m0./s1. The average molecular weight is 401 g/mol. The van der Waals surface area contributed by atoms with Gasteiger partial charge in [0.2, 0.25) is 0 Å². The Morgan fingerprint density at radius 3 is 2.32 bits per heavy atom. The molecular formula is C14H19N5O9. The minimum atomic E-state index is -2.27. The van der Waals surface area contributed by atoms with Crippen LogP contribution >= 0.6 is 0 Å². The van der Waals surface area contributed by atoms with E-state index in [1.807, 2.05) is 0 Å². The number of nitrogen functional groups attached to an aromatic ring is 1. The molecule has 14 nitrogen and oxygen atoms in total. The second-order valence-electron chi connectivity index (χ2n) is 5.78. The Hall–Kier alpha value is -2.91. The van der Waals surface area contributed by atoms with E-state index in [1.165, 1.54) is 12.7 Å². The molecule has 0 amide bonds. The smallest absolute Gasteiger partial charge is 0.335 e. The molecule has 0 aliphatic carbocycles. The monoisotopic (exact) mass is 401 g/mol. The Morgan fingerprint density at radius 2 is 1.82 bits per heavy atom. The lowest BCUT2D eigenvalue weighted by molar-refractivity contribution is -0.165. The van der Waals surface area contributed by atoms with Gasteiger partial charge in [-0.05, 0) is 0 Å². The lowest BCUT2D eigenvalue weighted by Crippen LogP contribution is -2.39. The molecule has 3 rings (SSSR count). The third-order valence-electron chi connectivity index (χ3n) is 3.84. The van der Waals surface area contributed by atoms with Crippen molar-refractivity contribution in [2.24, 2.45) is 0 Å². The maximum absolute atomic E-state index is 9.93. The first-order valence-corrected chi connectivity index (χ1v) is 7.86. The Labute approximate surface area is 156 Å². The van der Waals surface area contributed by atoms with E-state index in [0.29, 0.717) is 17.6 Å². The van der Waals surface area contributed by atoms with Crippen molar-refractivity contribution >= 4 is 28.9 Å². The van der Waals surface area contributed by atoms with Crippen molar-refractivity contribution in [2.75, 3.05) is 12.3 Å². The SMILES string of the molecule is Nc1ncnc2c1ncn2[C@@H]1O[C@H](CO)C[C@H]1O.O=C(O)C(O)C(O)C(=O)O. The van der Waals surface area contributed by atoms with Crippen molar-refractivity contribution < 1.29 is 45.0 Å². The van der Waals surface area contributed by atoms with E-state index in [0.717, 1.165) is 0 Å². The number of fused-ring (bicyclic) bond motifs is 1. The minimum absolute atomic E-state index is 0.128. The normalized spacial score (nSPS) is 23.6. The van der Waals surface area contributed by atoms with E-state index in [-0.39, 0.29) is 18.5 Å². The predicted molar refractivity (Wildman–Crippen MR) is 88.6 cm³/mol. The summed E-state index contributed by atoms with van der Waals surface area (Å²) < 4.78 is 7.14. The molecule has 0 spiro atoms. The maximum atomic E-state index is 9.93. The lowest BCUT2D eigenvalue weighted by atomic mass is 10.2. The zero-order chi connectivity index (χ0) is 21.0. The number of hydrogen-bond acceptors (Lipinski definition) is 11. The third kappa shape index (κ3) is 4.49. The Bertz CT molecular complexity index is 826. The van der Waals surface area contributed by atoms with Gasteiger partial charge in [0.1, 0.15) is 17.9 Å². The van der Waals surface area contributed by atoms with E-state index in [2.05, 4.69) is 15.0 Å². The molecule has 28 heavy (non-hydrogen) atoms. The van der Waals surface area contributed by atoms with Gasteiger partial charge in [0.25, 0.3) is 0 Å². The van der Waals surface area contributed by atoms with Gasteiger partial charge in [-0.2, -0.15) is 0 Å². The van der Waals surface area contributed by atoms with E-state index in [1.54, 1.807) is 4.57 Å². The highest BCUT2D eigenvalue weighted by Crippen LogP contribution is 2.31. The number of nitrogens with zero attached hydrogens (tertiary/aromatic N) is 4. The van der Waals surface area contributed by atoms with Gasteiger partial charge in [0.05, 0.1) is 19.0 Å². The van der Waals surface area contributed by atoms with E-state index < -0.39 is 36.5 Å². The van der Waals surface area contributed by atoms with Gasteiger partial charge < -0.3 is 41.1 Å². The fraction of sp³-hybridized carbons (Fsp3) is 0.500. The molecule has 1 aliphatic heterocycles. The summed E-state index contributed by atoms with van der Waals surface area (Å²) in [5.41, 5.74) is 6.66. The van der Waals surface area contributed by atoms with Gasteiger partial charge in [-0.1, -0.05) is 0 Å². The van der Waals surface area contributed by atoms with Crippen LogP contribution in [-0.4, -0.2) is 93.1 Å². The number of carbonyl (C=O) groups is 2. The maximum Gasteiger partial charge on any atom is 0.335 e. The van der Waals surface area contributed by atoms with Crippen molar-refractivity contribution in [3.05, 3.63) is 12.7 Å². The van der Waals surface area contributed by atoms with Gasteiger partial charge in [-0.25, -0.2) is 24.5 Å². The zero-order valence-electron chi connectivity index (χ0n) is 14.2. The Balaban J connectivity index is 0.000000242. The quantitative estimate of drug-likeness (QED) is 0.264. The van der Waals surface area contributed by atoms with E-state index in [4.69, 9.17) is 36.0 Å². The fourth-order valence-corrected chi connectivity index (χ4v) is 2.42. The summed E-state index contributed by atoms with van der Waals surface area (Å²) in [6.07, 6.45) is -3.01. The summed E-state index contributed by atoms with van der Waals surface area (Å²) in [4.78, 5) is 31.6. The van der Waals surface area contributed by atoms with Gasteiger partial charge in [0.15, 0.2) is 29.9 Å². The second kappa shape index (κ2) is 8.85. The molecule has 0 radical (unpaired) electrons. The fourth-order valence-electron chi connectivity index (χ4n) is 2.42. The number of anilines is 1. The van der Waals surface area contributed by atoms with Crippen LogP contribution in [0.2, 0.25) is 0 Å². The summed E-state index contributed by atoms with van der Waals surface area (Å²) >= 11 is 0. The summed E-state index contributed by atoms with van der Waals surface area (Å²) in [5.74, 6) is -3.25. The van der Waals surface area contributed by atoms with Crippen LogP contribution in [0.15, 0.2) is 12.7 Å². The third-order valence-corrected chi connectivity index (χ3v) is 3.84. The molecule has 2 aromatic rings. The van der Waals surface area contributed by atoms with Gasteiger partial charge >= 0.3 is 11.9 Å². The molecule has 2 aromatic heterocycles. The molecule has 8 N–H and O–H groups in total. The highest BCUT2D eigenvalue weighted by molar-refractivity contribution is 5.83. The number of rotatable bonds is 5. The second-order valence-corrected chi connectivity index (χ2v) is 5.78. The largest absolute Gasteiger partial charge is 0.479 e. The molecule has 1 fully saturated rings. The van der Waals surface area contributed by atoms with Crippen molar-refractivity contribution in [1.82, 2.24) is 19.5 Å². The molecule has 1 aliphatic rings. The van der Waals surface area contributed by atoms with Crippen LogP contribution in [0.1, 0.15) is 12.6 Å². The highest BCUT2D eigenvalue weighted by atomic mass is 16.5. The van der Waals surface area contributed by atoms with Crippen LogP contribution in [-0.2, 0) is 14.3 Å². The number of imidazole rings is 1. The predicted octanol–water partition coefficient (Wildman–Crippen LogP) is -3.07. The first-order chi connectivity index (χ1) is 13.2. The van der Waals surface area contributed by atoms with Crippen molar-refractivity contribution in [1.29, 1.82) is 0 Å². The molecule has 1 saturated heterocycles.